The van der Waals surface area contributed by atoms with E-state index in [2.05, 4.69) is 10.3 Å². The number of carbonyl (C=O) groups is 1. The van der Waals surface area contributed by atoms with E-state index in [9.17, 15) is 4.79 Å². The van der Waals surface area contributed by atoms with Gasteiger partial charge in [0, 0.05) is 6.20 Å². The summed E-state index contributed by atoms with van der Waals surface area (Å²) >= 11 is 0. The predicted octanol–water partition coefficient (Wildman–Crippen LogP) is -0.286. The first-order valence-corrected chi connectivity index (χ1v) is 3.53. The van der Waals surface area contributed by atoms with E-state index in [1.165, 1.54) is 5.01 Å². The predicted molar refractivity (Wildman–Crippen MR) is 44.4 cm³/mol. The smallest absolute Gasteiger partial charge is 0.245 e. The Labute approximate surface area is 69.2 Å². The number of anilines is 2. The van der Waals surface area contributed by atoms with Crippen LogP contribution < -0.4 is 16.2 Å². The molecule has 5 heteroatoms. The van der Waals surface area contributed by atoms with Gasteiger partial charge in [-0.1, -0.05) is 0 Å². The van der Waals surface area contributed by atoms with E-state index in [1.807, 2.05) is 0 Å². The molecule has 0 aromatic carbocycles. The van der Waals surface area contributed by atoms with Gasteiger partial charge in [0.25, 0.3) is 0 Å². The Morgan fingerprint density at radius 1 is 1.67 bits per heavy atom. The largest absolute Gasteiger partial charge is 0.323 e. The molecular weight excluding hydrogens is 156 g/mol. The average Bonchev–Trinajstić information content (AvgIpc) is 2.04. The van der Waals surface area contributed by atoms with Gasteiger partial charge in [0.05, 0.1) is 17.6 Å². The Kier molecular flexibility index (Phi) is 1.44. The summed E-state index contributed by atoms with van der Waals surface area (Å²) in [6, 6.07) is 1.71. The van der Waals surface area contributed by atoms with Crippen LogP contribution in [-0.4, -0.2) is 17.4 Å². The molecule has 3 N–H and O–H groups in total. The third-order valence-corrected chi connectivity index (χ3v) is 1.70. The van der Waals surface area contributed by atoms with Gasteiger partial charge < -0.3 is 5.32 Å². The van der Waals surface area contributed by atoms with Crippen molar-refractivity contribution in [2.24, 2.45) is 5.84 Å². The van der Waals surface area contributed by atoms with Crippen LogP contribution in [0.2, 0.25) is 0 Å². The van der Waals surface area contributed by atoms with Gasteiger partial charge in [0.2, 0.25) is 5.91 Å². The van der Waals surface area contributed by atoms with Crippen molar-refractivity contribution in [1.82, 2.24) is 4.98 Å². The fraction of sp³-hybridized carbons (Fsp3) is 0.143. The molecule has 1 aliphatic rings. The lowest BCUT2D eigenvalue weighted by Gasteiger charge is -2.25. The van der Waals surface area contributed by atoms with E-state index >= 15 is 0 Å². The van der Waals surface area contributed by atoms with Crippen molar-refractivity contribution < 1.29 is 4.79 Å². The molecule has 2 rings (SSSR count). The molecule has 0 bridgehead atoms. The number of rotatable bonds is 0. The highest BCUT2D eigenvalue weighted by Crippen LogP contribution is 2.24. The number of amides is 1. The Morgan fingerprint density at radius 2 is 2.50 bits per heavy atom. The van der Waals surface area contributed by atoms with Crippen LogP contribution in [0.15, 0.2) is 18.5 Å². The van der Waals surface area contributed by atoms with E-state index in [-0.39, 0.29) is 12.5 Å². The standard InChI is InChI=1S/C7H8N4O/c8-11-4-7(12)10-5-1-2-9-3-6(5)11/h1-3H,4,8H2,(H,10,12). The fourth-order valence-corrected chi connectivity index (χ4v) is 1.15. The highest BCUT2D eigenvalue weighted by molar-refractivity contribution is 6.00. The summed E-state index contributed by atoms with van der Waals surface area (Å²) in [5.74, 6) is 5.47. The molecule has 0 radical (unpaired) electrons. The summed E-state index contributed by atoms with van der Waals surface area (Å²) in [5, 5.41) is 4.07. The monoisotopic (exact) mass is 164 g/mol. The quantitative estimate of drug-likeness (QED) is 0.517. The lowest BCUT2D eigenvalue weighted by Crippen LogP contribution is -2.42. The van der Waals surface area contributed by atoms with Crippen molar-refractivity contribution in [3.05, 3.63) is 18.5 Å². The maximum absolute atomic E-state index is 11.0. The van der Waals surface area contributed by atoms with Crippen molar-refractivity contribution >= 4 is 17.3 Å². The summed E-state index contributed by atoms with van der Waals surface area (Å²) in [7, 11) is 0. The summed E-state index contributed by atoms with van der Waals surface area (Å²) in [6.45, 7) is 0.179. The van der Waals surface area contributed by atoms with Gasteiger partial charge in [-0.25, -0.2) is 5.84 Å². The highest BCUT2D eigenvalue weighted by Gasteiger charge is 2.18. The maximum Gasteiger partial charge on any atom is 0.245 e. The zero-order chi connectivity index (χ0) is 8.55. The lowest BCUT2D eigenvalue weighted by atomic mass is 10.3. The van der Waals surface area contributed by atoms with Crippen LogP contribution in [0.25, 0.3) is 0 Å². The number of hydrogen-bond acceptors (Lipinski definition) is 4. The van der Waals surface area contributed by atoms with Crippen LogP contribution in [0.1, 0.15) is 0 Å². The van der Waals surface area contributed by atoms with Crippen LogP contribution in [0.4, 0.5) is 11.4 Å². The van der Waals surface area contributed by atoms with Gasteiger partial charge in [0.1, 0.15) is 6.54 Å². The highest BCUT2D eigenvalue weighted by atomic mass is 16.2. The van der Waals surface area contributed by atoms with Gasteiger partial charge in [0.15, 0.2) is 0 Å². The summed E-state index contributed by atoms with van der Waals surface area (Å²) in [4.78, 5) is 14.9. The van der Waals surface area contributed by atoms with E-state index in [4.69, 9.17) is 5.84 Å². The van der Waals surface area contributed by atoms with E-state index in [1.54, 1.807) is 18.5 Å². The zero-order valence-corrected chi connectivity index (χ0v) is 6.32. The topological polar surface area (TPSA) is 71.2 Å². The zero-order valence-electron chi connectivity index (χ0n) is 6.32. The molecule has 0 aliphatic carbocycles. The molecular formula is C7H8N4O. The average molecular weight is 164 g/mol. The molecule has 0 saturated heterocycles. The minimum atomic E-state index is -0.101. The number of nitrogens with zero attached hydrogens (tertiary/aromatic N) is 2. The molecule has 0 saturated carbocycles. The minimum Gasteiger partial charge on any atom is -0.323 e. The molecule has 62 valence electrons. The number of pyridine rings is 1. The molecule has 0 fully saturated rings. The summed E-state index contributed by atoms with van der Waals surface area (Å²) < 4.78 is 0. The number of hydrazine groups is 1. The van der Waals surface area contributed by atoms with Gasteiger partial charge in [-0.15, -0.1) is 0 Å². The van der Waals surface area contributed by atoms with Crippen molar-refractivity contribution in [3.63, 3.8) is 0 Å². The van der Waals surface area contributed by atoms with E-state index in [0.717, 1.165) is 5.69 Å². The second kappa shape index (κ2) is 2.46. The summed E-state index contributed by atoms with van der Waals surface area (Å²) in [5.41, 5.74) is 1.46. The Morgan fingerprint density at radius 3 is 3.33 bits per heavy atom. The summed E-state index contributed by atoms with van der Waals surface area (Å²) in [6.07, 6.45) is 3.23. The Bertz CT molecular complexity index is 325. The number of fused-ring (bicyclic) bond motifs is 1. The first kappa shape index (κ1) is 7.05. The second-order valence-corrected chi connectivity index (χ2v) is 2.57. The number of nitrogens with two attached hydrogens (primary N) is 1. The Balaban J connectivity index is 2.47. The van der Waals surface area contributed by atoms with E-state index < -0.39 is 0 Å². The maximum atomic E-state index is 11.0. The molecule has 1 aliphatic heterocycles. The lowest BCUT2D eigenvalue weighted by molar-refractivity contribution is -0.115. The number of nitrogens with one attached hydrogen (secondary N) is 1. The minimum absolute atomic E-state index is 0.101. The number of hydrogen-bond donors (Lipinski definition) is 2. The van der Waals surface area contributed by atoms with Gasteiger partial charge in [-0.2, -0.15) is 0 Å². The molecule has 0 unspecified atom stereocenters. The van der Waals surface area contributed by atoms with Crippen LogP contribution in [0.5, 0.6) is 0 Å². The van der Waals surface area contributed by atoms with Gasteiger partial charge in [-0.3, -0.25) is 14.8 Å². The van der Waals surface area contributed by atoms with Crippen molar-refractivity contribution in [3.8, 4) is 0 Å². The van der Waals surface area contributed by atoms with Gasteiger partial charge >= 0.3 is 0 Å². The molecule has 1 aromatic rings. The van der Waals surface area contributed by atoms with Gasteiger partial charge in [-0.05, 0) is 6.07 Å². The van der Waals surface area contributed by atoms with Crippen LogP contribution in [0, 0.1) is 0 Å². The number of carbonyl (C=O) groups excluding carboxylic acids is 1. The normalized spacial score (nSPS) is 15.4. The molecule has 0 atom stereocenters. The molecule has 0 spiro atoms. The molecule has 1 aromatic heterocycles. The number of aromatic nitrogens is 1. The van der Waals surface area contributed by atoms with Crippen LogP contribution in [0.3, 0.4) is 0 Å². The molecule has 12 heavy (non-hydrogen) atoms. The first-order chi connectivity index (χ1) is 5.77. The fourth-order valence-electron chi connectivity index (χ4n) is 1.15. The van der Waals surface area contributed by atoms with Crippen LogP contribution >= 0.6 is 0 Å². The first-order valence-electron chi connectivity index (χ1n) is 3.53. The third-order valence-electron chi connectivity index (χ3n) is 1.70. The second-order valence-electron chi connectivity index (χ2n) is 2.57. The SMILES string of the molecule is NN1CC(=O)Nc2ccncc21. The Hall–Kier alpha value is -1.62. The third kappa shape index (κ3) is 0.998. The van der Waals surface area contributed by atoms with Crippen molar-refractivity contribution in [2.75, 3.05) is 16.9 Å². The molecule has 1 amide bonds. The molecule has 5 nitrogen and oxygen atoms in total. The van der Waals surface area contributed by atoms with E-state index in [0.29, 0.717) is 5.69 Å². The molecule has 2 heterocycles. The van der Waals surface area contributed by atoms with Crippen molar-refractivity contribution in [2.45, 2.75) is 0 Å². The van der Waals surface area contributed by atoms with Crippen LogP contribution in [-0.2, 0) is 4.79 Å². The van der Waals surface area contributed by atoms with Crippen molar-refractivity contribution in [1.29, 1.82) is 0 Å².